The fraction of sp³-hybridized carbons (Fsp3) is 0.286. The monoisotopic (exact) mass is 535 g/mol. The van der Waals surface area contributed by atoms with Crippen LogP contribution in [0.3, 0.4) is 0 Å². The van der Waals surface area contributed by atoms with Gasteiger partial charge in [0.2, 0.25) is 33.5 Å². The Bertz CT molecular complexity index is 971. The Hall–Kier alpha value is -2.88. The van der Waals surface area contributed by atoms with E-state index >= 15 is 0 Å². The average molecular weight is 535 g/mol. The van der Waals surface area contributed by atoms with E-state index in [2.05, 4.69) is 0 Å². The minimum atomic E-state index is -0.386. The second-order valence-corrected chi connectivity index (χ2v) is 5.73. The van der Waals surface area contributed by atoms with E-state index in [0.717, 1.165) is 0 Å². The van der Waals surface area contributed by atoms with Gasteiger partial charge < -0.3 is 28.6 Å². The number of aromatic hydroxyl groups is 3. The summed E-state index contributed by atoms with van der Waals surface area (Å²) in [7, 11) is 0. The first-order valence-corrected chi connectivity index (χ1v) is 9.15. The predicted molar refractivity (Wildman–Crippen MR) is 114 cm³/mol. The van der Waals surface area contributed by atoms with Gasteiger partial charge >= 0.3 is 0 Å². The van der Waals surface area contributed by atoms with Crippen LogP contribution in [0.15, 0.2) is 64.6 Å². The molecule has 0 spiro atoms. The van der Waals surface area contributed by atoms with Crippen molar-refractivity contribution < 1.29 is 28.6 Å². The van der Waals surface area contributed by atoms with Gasteiger partial charge in [-0.05, 0) is 0 Å². The molecule has 0 aliphatic heterocycles. The molecule has 10 heteroatoms. The summed E-state index contributed by atoms with van der Waals surface area (Å²) in [5.74, 6) is 0.201. The molecule has 3 aromatic heterocycles. The molecule has 0 aromatic carbocycles. The Morgan fingerprint density at radius 2 is 0.806 bits per heavy atom. The first kappa shape index (κ1) is 28.1. The minimum Gasteiger partial charge on any atom is -0.502 e. The SMILES string of the molecule is CCc1occc(=O)c1O.CCc1occc(=O)c1O.CCc1occc(=O)c1O.[In]. The molecule has 31 heavy (non-hydrogen) atoms. The molecule has 0 aliphatic rings. The van der Waals surface area contributed by atoms with Crippen molar-refractivity contribution in [2.45, 2.75) is 40.0 Å². The van der Waals surface area contributed by atoms with Gasteiger partial charge in [0.1, 0.15) is 17.3 Å². The van der Waals surface area contributed by atoms with Gasteiger partial charge in [0.25, 0.3) is 0 Å². The summed E-state index contributed by atoms with van der Waals surface area (Å²) in [4.78, 5) is 32.1. The quantitative estimate of drug-likeness (QED) is 0.459. The zero-order valence-electron chi connectivity index (χ0n) is 17.5. The van der Waals surface area contributed by atoms with Gasteiger partial charge in [-0.25, -0.2) is 0 Å². The van der Waals surface area contributed by atoms with Gasteiger partial charge in [-0.2, -0.15) is 0 Å². The standard InChI is InChI=1S/3C7H8O3.In/c3*1-2-6-7(9)5(8)3-4-10-6;/h3*3-4,9H,2H2,1H3;. The number of rotatable bonds is 3. The van der Waals surface area contributed by atoms with Gasteiger partial charge in [0.05, 0.1) is 18.8 Å². The largest absolute Gasteiger partial charge is 0.502 e. The van der Waals surface area contributed by atoms with Gasteiger partial charge in [-0.3, -0.25) is 14.4 Å². The van der Waals surface area contributed by atoms with Crippen LogP contribution in [0, 0.1) is 0 Å². The van der Waals surface area contributed by atoms with E-state index in [4.69, 9.17) is 28.6 Å². The molecule has 0 saturated heterocycles. The van der Waals surface area contributed by atoms with Gasteiger partial charge in [-0.15, -0.1) is 0 Å². The Labute approximate surface area is 196 Å². The van der Waals surface area contributed by atoms with Crippen LogP contribution in [-0.2, 0) is 19.3 Å². The van der Waals surface area contributed by atoms with Crippen LogP contribution in [0.25, 0.3) is 0 Å². The smallest absolute Gasteiger partial charge is 0.226 e. The van der Waals surface area contributed by atoms with Gasteiger partial charge in [0, 0.05) is 63.3 Å². The fourth-order valence-electron chi connectivity index (χ4n) is 2.10. The van der Waals surface area contributed by atoms with Crippen LogP contribution in [-0.4, -0.2) is 41.2 Å². The van der Waals surface area contributed by atoms with E-state index < -0.39 is 0 Å². The van der Waals surface area contributed by atoms with Crippen LogP contribution >= 0.6 is 0 Å². The van der Waals surface area contributed by atoms with E-state index in [1.807, 2.05) is 0 Å². The third kappa shape index (κ3) is 8.41. The number of hydrogen-bond donors (Lipinski definition) is 3. The van der Waals surface area contributed by atoms with Crippen molar-refractivity contribution in [3.8, 4) is 17.2 Å². The van der Waals surface area contributed by atoms with Crippen LogP contribution in [0.1, 0.15) is 38.1 Å². The normalized spacial score (nSPS) is 9.39. The molecule has 0 bridgehead atoms. The van der Waals surface area contributed by atoms with Gasteiger partial charge in [0.15, 0.2) is 0 Å². The Balaban J connectivity index is 0.000000429. The molecule has 3 N–H and O–H groups in total. The molecule has 3 rings (SSSR count). The van der Waals surface area contributed by atoms with Crippen molar-refractivity contribution in [3.05, 3.63) is 84.9 Å². The maximum atomic E-state index is 10.7. The zero-order valence-corrected chi connectivity index (χ0v) is 20.7. The molecule has 0 amide bonds. The first-order valence-electron chi connectivity index (χ1n) is 9.15. The summed E-state index contributed by atoms with van der Waals surface area (Å²) >= 11 is 0. The minimum absolute atomic E-state index is 0. The van der Waals surface area contributed by atoms with Crippen molar-refractivity contribution in [3.63, 3.8) is 0 Å². The second kappa shape index (κ2) is 14.2. The fourth-order valence-corrected chi connectivity index (χ4v) is 2.10. The molecule has 9 nitrogen and oxygen atoms in total. The molecule has 0 unspecified atom stereocenters. The Morgan fingerprint density at radius 3 is 0.968 bits per heavy atom. The van der Waals surface area contributed by atoms with Crippen LogP contribution < -0.4 is 16.3 Å². The number of hydrogen-bond acceptors (Lipinski definition) is 9. The van der Waals surface area contributed by atoms with Crippen molar-refractivity contribution in [2.75, 3.05) is 0 Å². The van der Waals surface area contributed by atoms with E-state index in [9.17, 15) is 14.4 Å². The van der Waals surface area contributed by atoms with Crippen molar-refractivity contribution >= 4 is 25.8 Å². The maximum Gasteiger partial charge on any atom is 0.226 e. The second-order valence-electron chi connectivity index (χ2n) is 5.73. The summed E-state index contributed by atoms with van der Waals surface area (Å²) < 4.78 is 14.5. The molecule has 165 valence electrons. The molecular weight excluding hydrogens is 511 g/mol. The Kier molecular flexibility index (Phi) is 12.9. The van der Waals surface area contributed by atoms with Crippen LogP contribution in [0.5, 0.6) is 17.2 Å². The molecule has 0 atom stereocenters. The van der Waals surface area contributed by atoms with Crippen molar-refractivity contribution in [2.24, 2.45) is 0 Å². The van der Waals surface area contributed by atoms with Gasteiger partial charge in [-0.1, -0.05) is 20.8 Å². The van der Waals surface area contributed by atoms with E-state index in [1.54, 1.807) is 20.8 Å². The van der Waals surface area contributed by atoms with Crippen LogP contribution in [0.4, 0.5) is 0 Å². The Morgan fingerprint density at radius 1 is 0.581 bits per heavy atom. The van der Waals surface area contributed by atoms with Crippen molar-refractivity contribution in [1.29, 1.82) is 0 Å². The van der Waals surface area contributed by atoms with E-state index in [1.165, 1.54) is 37.0 Å². The molecule has 0 fully saturated rings. The molecule has 3 heterocycles. The molecule has 3 aromatic rings. The first-order chi connectivity index (χ1) is 14.3. The topological polar surface area (TPSA) is 151 Å². The van der Waals surface area contributed by atoms with E-state index in [-0.39, 0.29) is 59.4 Å². The molecule has 0 aliphatic carbocycles. The maximum absolute atomic E-state index is 10.7. The number of aryl methyl sites for hydroxylation is 3. The summed E-state index contributed by atoms with van der Waals surface area (Å²) in [6, 6.07) is 3.57. The third-order valence-electron chi connectivity index (χ3n) is 3.75. The zero-order chi connectivity index (χ0) is 22.7. The average Bonchev–Trinajstić information content (AvgIpc) is 2.75. The van der Waals surface area contributed by atoms with Crippen LogP contribution in [0.2, 0.25) is 0 Å². The van der Waals surface area contributed by atoms with E-state index in [0.29, 0.717) is 36.5 Å². The summed E-state index contributed by atoms with van der Waals surface area (Å²) in [6.45, 7) is 5.41. The third-order valence-corrected chi connectivity index (χ3v) is 3.75. The predicted octanol–water partition coefficient (Wildman–Crippen LogP) is 2.34. The molecular formula is C21H24InO9. The summed E-state index contributed by atoms with van der Waals surface area (Å²) in [5, 5.41) is 27.0. The molecule has 0 saturated carbocycles. The molecule has 3 radical (unpaired) electrons. The summed E-state index contributed by atoms with van der Waals surface area (Å²) in [6.07, 6.45) is 5.42. The van der Waals surface area contributed by atoms with Crippen molar-refractivity contribution in [1.82, 2.24) is 0 Å². The summed E-state index contributed by atoms with van der Waals surface area (Å²) in [5.41, 5.74) is -1.16.